The van der Waals surface area contributed by atoms with Crippen LogP contribution in [0.3, 0.4) is 0 Å². The van der Waals surface area contributed by atoms with Gasteiger partial charge in [0.25, 0.3) is 0 Å². The van der Waals surface area contributed by atoms with Gasteiger partial charge in [0.15, 0.2) is 0 Å². The van der Waals surface area contributed by atoms with Gasteiger partial charge in [0.05, 0.1) is 22.9 Å². The van der Waals surface area contributed by atoms with Crippen molar-refractivity contribution in [1.29, 1.82) is 0 Å². The first-order valence-corrected chi connectivity index (χ1v) is 14.1. The monoisotopic (exact) mass is 583 g/mol. The lowest BCUT2D eigenvalue weighted by Crippen LogP contribution is -2.47. The number of pyridine rings is 1. The average molecular weight is 584 g/mol. The van der Waals surface area contributed by atoms with E-state index in [1.165, 1.54) is 36.4 Å². The zero-order valence-electron chi connectivity index (χ0n) is 22.7. The number of nitrogens with zero attached hydrogens (tertiary/aromatic N) is 4. The van der Waals surface area contributed by atoms with E-state index in [1.54, 1.807) is 22.1 Å². The Balaban J connectivity index is 1.33. The number of aromatic nitrogens is 1. The minimum atomic E-state index is -0.623. The van der Waals surface area contributed by atoms with Crippen LogP contribution in [0.4, 0.5) is 25.1 Å². The van der Waals surface area contributed by atoms with Gasteiger partial charge in [-0.25, -0.2) is 18.6 Å². The Hall–Kier alpha value is -3.92. The summed E-state index contributed by atoms with van der Waals surface area (Å²) in [5.41, 5.74) is 7.00. The van der Waals surface area contributed by atoms with Crippen LogP contribution in [0.1, 0.15) is 31.2 Å². The number of nitrogens with two attached hydrogens (primary N) is 1. The van der Waals surface area contributed by atoms with Crippen molar-refractivity contribution in [2.75, 3.05) is 43.4 Å². The minimum absolute atomic E-state index is 0.00153. The summed E-state index contributed by atoms with van der Waals surface area (Å²) in [6, 6.07) is 13.0. The molecule has 2 aliphatic heterocycles. The Bertz CT molecular complexity index is 1380. The molecule has 2 aromatic carbocycles. The van der Waals surface area contributed by atoms with Crippen LogP contribution in [-0.4, -0.2) is 65.5 Å². The highest BCUT2D eigenvalue weighted by molar-refractivity contribution is 6.30. The topological polar surface area (TPSA) is 92.0 Å². The number of ether oxygens (including phenoxy) is 1. The van der Waals surface area contributed by atoms with Crippen LogP contribution in [0.2, 0.25) is 5.02 Å². The fraction of sp³-hybridized carbons (Fsp3) is 0.367. The molecule has 11 heteroatoms. The molecule has 2 saturated heterocycles. The van der Waals surface area contributed by atoms with Gasteiger partial charge in [-0.05, 0) is 73.9 Å². The van der Waals surface area contributed by atoms with Crippen molar-refractivity contribution >= 4 is 35.1 Å². The summed E-state index contributed by atoms with van der Waals surface area (Å²) in [5.74, 6) is -0.490. The van der Waals surface area contributed by atoms with Crippen molar-refractivity contribution in [3.63, 3.8) is 0 Å². The molecule has 2 fully saturated rings. The molecule has 2 aliphatic rings. The summed E-state index contributed by atoms with van der Waals surface area (Å²) in [6.45, 7) is 4.08. The third-order valence-corrected chi connectivity index (χ3v) is 8.21. The predicted molar refractivity (Wildman–Crippen MR) is 153 cm³/mol. The first-order chi connectivity index (χ1) is 19.7. The van der Waals surface area contributed by atoms with Gasteiger partial charge in [-0.3, -0.25) is 4.79 Å². The van der Waals surface area contributed by atoms with E-state index in [0.717, 1.165) is 5.82 Å². The van der Waals surface area contributed by atoms with Gasteiger partial charge >= 0.3 is 6.09 Å². The van der Waals surface area contributed by atoms with Crippen LogP contribution < -0.4 is 15.4 Å². The van der Waals surface area contributed by atoms with Gasteiger partial charge in [-0.15, -0.1) is 0 Å². The number of nitrogen functional groups attached to an aromatic ring is 1. The van der Waals surface area contributed by atoms with E-state index in [2.05, 4.69) is 9.88 Å². The second kappa shape index (κ2) is 12.3. The van der Waals surface area contributed by atoms with Gasteiger partial charge in [-0.2, -0.15) is 0 Å². The summed E-state index contributed by atoms with van der Waals surface area (Å²) < 4.78 is 33.4. The lowest BCUT2D eigenvalue weighted by Gasteiger charge is -2.34. The highest BCUT2D eigenvalue weighted by atomic mass is 35.5. The van der Waals surface area contributed by atoms with Gasteiger partial charge in [0, 0.05) is 44.6 Å². The average Bonchev–Trinajstić information content (AvgIpc) is 3.41. The van der Waals surface area contributed by atoms with Crippen LogP contribution in [0, 0.1) is 17.6 Å². The first kappa shape index (κ1) is 28.6. The van der Waals surface area contributed by atoms with Crippen LogP contribution in [0.5, 0.6) is 5.75 Å². The van der Waals surface area contributed by atoms with Crippen molar-refractivity contribution in [3.05, 3.63) is 83.0 Å². The van der Waals surface area contributed by atoms with E-state index in [9.17, 15) is 18.4 Å². The van der Waals surface area contributed by atoms with E-state index >= 15 is 0 Å². The zero-order valence-corrected chi connectivity index (χ0v) is 23.4. The smallest absolute Gasteiger partial charge is 0.410 e. The molecule has 3 heterocycles. The Labute approximate surface area is 242 Å². The third kappa shape index (κ3) is 6.37. The Morgan fingerprint density at radius 2 is 1.80 bits per heavy atom. The minimum Gasteiger partial charge on any atom is -0.410 e. The number of likely N-dealkylation sites (tertiary alicyclic amines) is 1. The molecule has 1 aromatic heterocycles. The molecule has 5 rings (SSSR count). The van der Waals surface area contributed by atoms with E-state index in [-0.39, 0.29) is 35.1 Å². The molecular weight excluding hydrogens is 552 g/mol. The van der Waals surface area contributed by atoms with Crippen LogP contribution in [-0.2, 0) is 4.79 Å². The van der Waals surface area contributed by atoms with Crippen LogP contribution in [0.15, 0.2) is 60.8 Å². The lowest BCUT2D eigenvalue weighted by molar-refractivity contribution is -0.135. The molecular formula is C30H32ClF2N5O3. The second-order valence-corrected chi connectivity index (χ2v) is 10.8. The molecule has 0 saturated carbocycles. The maximum Gasteiger partial charge on any atom is 0.415 e. The molecule has 2 amide bonds. The maximum atomic E-state index is 14.5. The van der Waals surface area contributed by atoms with Crippen molar-refractivity contribution < 1.29 is 23.1 Å². The number of anilines is 2. The van der Waals surface area contributed by atoms with Crippen molar-refractivity contribution in [1.82, 2.24) is 14.8 Å². The number of halogens is 3. The number of benzene rings is 2. The molecule has 2 N–H and O–H groups in total. The van der Waals surface area contributed by atoms with Crippen LogP contribution >= 0.6 is 11.6 Å². The first-order valence-electron chi connectivity index (χ1n) is 13.7. The van der Waals surface area contributed by atoms with E-state index < -0.39 is 23.8 Å². The number of piperidine rings is 1. The summed E-state index contributed by atoms with van der Waals surface area (Å²) >= 11 is 5.94. The fourth-order valence-electron chi connectivity index (χ4n) is 5.71. The Morgan fingerprint density at radius 3 is 2.44 bits per heavy atom. The number of carbonyl (C=O) groups is 2. The number of carbonyl (C=O) groups excluding carboxylic acids is 2. The third-order valence-electron chi connectivity index (χ3n) is 7.91. The second-order valence-electron chi connectivity index (χ2n) is 10.4. The SMILES string of the molecule is CCN(C(=O)Oc1ccc(F)cc1)[C@@H]1CN(C(=O)C2CCN(c3ccc(N)cn3)CC2)C[C@H]1c1ccc(Cl)c(F)c1. The number of hydrogen-bond acceptors (Lipinski definition) is 6. The van der Waals surface area contributed by atoms with E-state index in [0.29, 0.717) is 50.3 Å². The molecule has 0 aliphatic carbocycles. The summed E-state index contributed by atoms with van der Waals surface area (Å²) in [6.07, 6.45) is 2.33. The van der Waals surface area contributed by atoms with E-state index in [1.807, 2.05) is 19.1 Å². The molecule has 0 radical (unpaired) electrons. The fourth-order valence-corrected chi connectivity index (χ4v) is 5.83. The maximum absolute atomic E-state index is 14.5. The normalized spacial score (nSPS) is 19.3. The van der Waals surface area contributed by atoms with Gasteiger partial charge in [0.1, 0.15) is 23.2 Å². The Morgan fingerprint density at radius 1 is 1.07 bits per heavy atom. The van der Waals surface area contributed by atoms with Crippen molar-refractivity contribution in [2.45, 2.75) is 31.7 Å². The summed E-state index contributed by atoms with van der Waals surface area (Å²) in [5, 5.41) is 0.00153. The molecule has 0 unspecified atom stereocenters. The molecule has 41 heavy (non-hydrogen) atoms. The molecule has 216 valence electrons. The van der Waals surface area contributed by atoms with Crippen LogP contribution in [0.25, 0.3) is 0 Å². The standard InChI is InChI=1S/C30H32ClF2N5O3/c1-2-38(30(40)41-23-7-4-21(32)5-8-23)27-18-37(17-24(27)20-3-9-25(31)26(33)15-20)29(39)19-11-13-36(14-12-19)28-10-6-22(34)16-35-28/h3-10,15-16,19,24,27H,2,11-14,17-18,34H2,1H3/t24-,27+/m0/s1. The number of hydrogen-bond donors (Lipinski definition) is 1. The van der Waals surface area contributed by atoms with Crippen molar-refractivity contribution in [3.8, 4) is 5.75 Å². The molecule has 8 nitrogen and oxygen atoms in total. The van der Waals surface area contributed by atoms with Gasteiger partial charge in [-0.1, -0.05) is 17.7 Å². The summed E-state index contributed by atoms with van der Waals surface area (Å²) in [7, 11) is 0. The highest BCUT2D eigenvalue weighted by Gasteiger charge is 2.43. The summed E-state index contributed by atoms with van der Waals surface area (Å²) in [4.78, 5) is 36.9. The lowest BCUT2D eigenvalue weighted by atomic mass is 9.93. The van der Waals surface area contributed by atoms with E-state index in [4.69, 9.17) is 22.1 Å². The predicted octanol–water partition coefficient (Wildman–Crippen LogP) is 5.33. The van der Waals surface area contributed by atoms with Gasteiger partial charge in [0.2, 0.25) is 5.91 Å². The molecule has 0 bridgehead atoms. The Kier molecular flexibility index (Phi) is 8.58. The number of rotatable bonds is 6. The molecule has 0 spiro atoms. The largest absolute Gasteiger partial charge is 0.415 e. The number of amides is 2. The van der Waals surface area contributed by atoms with Gasteiger partial charge < -0.3 is 25.2 Å². The quantitative estimate of drug-likeness (QED) is 0.422. The highest BCUT2D eigenvalue weighted by Crippen LogP contribution is 2.35. The molecule has 3 aromatic rings. The number of likely N-dealkylation sites (N-methyl/N-ethyl adjacent to an activating group) is 1. The van der Waals surface area contributed by atoms with Crippen molar-refractivity contribution in [2.24, 2.45) is 5.92 Å². The molecule has 2 atom stereocenters. The zero-order chi connectivity index (χ0) is 29.1.